The summed E-state index contributed by atoms with van der Waals surface area (Å²) in [6.45, 7) is 8.93. The van der Waals surface area contributed by atoms with E-state index in [-0.39, 0.29) is 11.3 Å². The van der Waals surface area contributed by atoms with Gasteiger partial charge in [0, 0.05) is 0 Å². The number of aryl methyl sites for hydroxylation is 1. The number of hydrogen-bond acceptors (Lipinski definition) is 3. The molecule has 1 aliphatic rings. The molecule has 0 saturated carbocycles. The van der Waals surface area contributed by atoms with Crippen molar-refractivity contribution in [1.82, 2.24) is 0 Å². The van der Waals surface area contributed by atoms with Crippen LogP contribution in [0.3, 0.4) is 0 Å². The first-order valence-electron chi connectivity index (χ1n) is 11.9. The highest BCUT2D eigenvalue weighted by Crippen LogP contribution is 2.40. The van der Waals surface area contributed by atoms with Crippen molar-refractivity contribution in [3.8, 4) is 22.6 Å². The van der Waals surface area contributed by atoms with E-state index in [9.17, 15) is 9.90 Å². The van der Waals surface area contributed by atoms with Crippen LogP contribution in [0.5, 0.6) is 11.5 Å². The zero-order valence-corrected chi connectivity index (χ0v) is 20.7. The van der Waals surface area contributed by atoms with E-state index < -0.39 is 11.9 Å². The molecule has 0 aromatic heterocycles. The van der Waals surface area contributed by atoms with Crippen molar-refractivity contribution >= 4 is 5.97 Å². The Labute approximate surface area is 202 Å². The van der Waals surface area contributed by atoms with Crippen LogP contribution < -0.4 is 9.47 Å². The number of hydrogen-bond donors (Lipinski definition) is 1. The molecule has 1 aliphatic carbocycles. The van der Waals surface area contributed by atoms with Gasteiger partial charge in [0.2, 0.25) is 0 Å². The number of ether oxygens (including phenoxy) is 2. The molecule has 34 heavy (non-hydrogen) atoms. The summed E-state index contributed by atoms with van der Waals surface area (Å²) >= 11 is 0. The first-order chi connectivity index (χ1) is 16.2. The number of aliphatic carboxylic acids is 1. The number of carboxylic acid groups (broad SMARTS) is 1. The van der Waals surface area contributed by atoms with Crippen LogP contribution in [0.15, 0.2) is 60.7 Å². The number of benzene rings is 3. The van der Waals surface area contributed by atoms with Crippen LogP contribution in [0.2, 0.25) is 0 Å². The molecular formula is C30H34O4. The zero-order chi connectivity index (χ0) is 24.5. The molecule has 178 valence electrons. The maximum atomic E-state index is 11.5. The Hall–Kier alpha value is -3.27. The molecule has 1 N–H and O–H groups in total. The number of carboxylic acids is 1. The predicted molar refractivity (Wildman–Crippen MR) is 136 cm³/mol. The van der Waals surface area contributed by atoms with Crippen molar-refractivity contribution in [2.75, 3.05) is 7.11 Å². The van der Waals surface area contributed by atoms with Crippen LogP contribution in [-0.4, -0.2) is 18.2 Å². The first-order valence-corrected chi connectivity index (χ1v) is 11.9. The number of carbonyl (C=O) groups is 1. The van der Waals surface area contributed by atoms with Crippen molar-refractivity contribution in [2.24, 2.45) is 5.92 Å². The van der Waals surface area contributed by atoms with Gasteiger partial charge in [0.15, 0.2) is 0 Å². The summed E-state index contributed by atoms with van der Waals surface area (Å²) in [4.78, 5) is 11.5. The highest BCUT2D eigenvalue weighted by molar-refractivity contribution is 5.72. The van der Waals surface area contributed by atoms with E-state index >= 15 is 0 Å². The Morgan fingerprint density at radius 1 is 1.06 bits per heavy atom. The van der Waals surface area contributed by atoms with Gasteiger partial charge in [-0.2, -0.15) is 0 Å². The normalized spacial score (nSPS) is 16.1. The van der Waals surface area contributed by atoms with E-state index in [2.05, 4.69) is 57.2 Å². The third-order valence-corrected chi connectivity index (χ3v) is 6.91. The third kappa shape index (κ3) is 4.96. The fraction of sp³-hybridized carbons (Fsp3) is 0.367. The van der Waals surface area contributed by atoms with Crippen LogP contribution in [0, 0.1) is 5.92 Å². The number of methoxy groups -OCH3 is 1. The number of fused-ring (bicyclic) bond motifs is 1. The average Bonchev–Trinajstić information content (AvgIpc) is 3.24. The summed E-state index contributed by atoms with van der Waals surface area (Å²) < 4.78 is 11.6. The van der Waals surface area contributed by atoms with Crippen molar-refractivity contribution in [3.63, 3.8) is 0 Å². The molecule has 0 heterocycles. The van der Waals surface area contributed by atoms with E-state index in [1.54, 1.807) is 14.0 Å². The second-order valence-corrected chi connectivity index (χ2v) is 10.3. The smallest absolute Gasteiger partial charge is 0.306 e. The molecule has 0 aliphatic heterocycles. The van der Waals surface area contributed by atoms with Gasteiger partial charge in [-0.3, -0.25) is 4.79 Å². The van der Waals surface area contributed by atoms with Gasteiger partial charge in [-0.05, 0) is 81.8 Å². The van der Waals surface area contributed by atoms with Gasteiger partial charge in [-0.25, -0.2) is 0 Å². The summed E-state index contributed by atoms with van der Waals surface area (Å²) in [6, 6.07) is 20.8. The molecule has 0 bridgehead atoms. The SMILES string of the molecule is COc1cccc(-c2ccc(COc3ccc4c(c3)[C@H]([C@@H](C)C(=O)O)CC4)cc2C(C)(C)C)c1. The molecule has 4 heteroatoms. The Morgan fingerprint density at radius 3 is 2.56 bits per heavy atom. The fourth-order valence-corrected chi connectivity index (χ4v) is 4.90. The highest BCUT2D eigenvalue weighted by Gasteiger charge is 2.31. The minimum absolute atomic E-state index is 0.0395. The summed E-state index contributed by atoms with van der Waals surface area (Å²) in [6.07, 6.45) is 1.81. The summed E-state index contributed by atoms with van der Waals surface area (Å²) in [7, 11) is 1.69. The average molecular weight is 459 g/mol. The van der Waals surface area contributed by atoms with Crippen molar-refractivity contribution in [2.45, 2.75) is 58.5 Å². The van der Waals surface area contributed by atoms with Crippen LogP contribution in [-0.2, 0) is 23.2 Å². The molecule has 2 atom stereocenters. The summed E-state index contributed by atoms with van der Waals surface area (Å²) in [5.41, 5.74) is 7.01. The van der Waals surface area contributed by atoms with Gasteiger partial charge in [0.25, 0.3) is 0 Å². The Bertz CT molecular complexity index is 1190. The molecule has 4 nitrogen and oxygen atoms in total. The van der Waals surface area contributed by atoms with Gasteiger partial charge in [0.05, 0.1) is 13.0 Å². The lowest BCUT2D eigenvalue weighted by Crippen LogP contribution is -2.17. The van der Waals surface area contributed by atoms with E-state index in [0.717, 1.165) is 41.0 Å². The molecule has 4 rings (SSSR count). The summed E-state index contributed by atoms with van der Waals surface area (Å²) in [5, 5.41) is 9.48. The number of rotatable bonds is 7. The maximum absolute atomic E-state index is 11.5. The maximum Gasteiger partial charge on any atom is 0.306 e. The Morgan fingerprint density at radius 2 is 1.85 bits per heavy atom. The molecular weight excluding hydrogens is 424 g/mol. The lowest BCUT2D eigenvalue weighted by molar-refractivity contribution is -0.141. The molecule has 0 radical (unpaired) electrons. The first kappa shape index (κ1) is 23.9. The zero-order valence-electron chi connectivity index (χ0n) is 20.7. The van der Waals surface area contributed by atoms with Crippen molar-refractivity contribution in [1.29, 1.82) is 0 Å². The second kappa shape index (κ2) is 9.54. The van der Waals surface area contributed by atoms with Gasteiger partial charge >= 0.3 is 5.97 Å². The Kier molecular flexibility index (Phi) is 6.70. The molecule has 0 fully saturated rings. The van der Waals surface area contributed by atoms with Crippen LogP contribution >= 0.6 is 0 Å². The predicted octanol–water partition coefficient (Wildman–Crippen LogP) is 6.99. The van der Waals surface area contributed by atoms with E-state index in [0.29, 0.717) is 6.61 Å². The molecule has 0 unspecified atom stereocenters. The molecule has 0 amide bonds. The standard InChI is InChI=1S/C30H34O4/c1-19(29(31)32)25-14-11-21-10-12-24(17-27(21)25)34-18-20-9-13-26(28(15-20)30(2,3)4)22-7-6-8-23(16-22)33-5/h6-10,12-13,15-17,19,25H,11,14,18H2,1-5H3,(H,31,32)/t19-,25+/m1/s1. The highest BCUT2D eigenvalue weighted by atomic mass is 16.5. The van der Waals surface area contributed by atoms with Crippen LogP contribution in [0.25, 0.3) is 11.1 Å². The van der Waals surface area contributed by atoms with Crippen molar-refractivity contribution in [3.05, 3.63) is 82.9 Å². The minimum atomic E-state index is -0.741. The van der Waals surface area contributed by atoms with E-state index in [1.165, 1.54) is 16.7 Å². The monoisotopic (exact) mass is 458 g/mol. The molecule has 0 spiro atoms. The van der Waals surface area contributed by atoms with E-state index in [1.807, 2.05) is 24.3 Å². The van der Waals surface area contributed by atoms with Gasteiger partial charge in [-0.1, -0.05) is 64.1 Å². The largest absolute Gasteiger partial charge is 0.497 e. The van der Waals surface area contributed by atoms with Gasteiger partial charge < -0.3 is 14.6 Å². The molecule has 3 aromatic carbocycles. The lowest BCUT2D eigenvalue weighted by atomic mass is 9.81. The fourth-order valence-electron chi connectivity index (χ4n) is 4.90. The topological polar surface area (TPSA) is 55.8 Å². The molecule has 0 saturated heterocycles. The molecule has 3 aromatic rings. The van der Waals surface area contributed by atoms with Crippen LogP contribution in [0.1, 0.15) is 62.3 Å². The van der Waals surface area contributed by atoms with Gasteiger partial charge in [0.1, 0.15) is 18.1 Å². The third-order valence-electron chi connectivity index (χ3n) is 6.91. The van der Waals surface area contributed by atoms with Crippen LogP contribution in [0.4, 0.5) is 0 Å². The lowest BCUT2D eigenvalue weighted by Gasteiger charge is -2.24. The second-order valence-electron chi connectivity index (χ2n) is 10.3. The Balaban J connectivity index is 1.57. The summed E-state index contributed by atoms with van der Waals surface area (Å²) in [5.74, 6) is 0.546. The van der Waals surface area contributed by atoms with Gasteiger partial charge in [-0.15, -0.1) is 0 Å². The minimum Gasteiger partial charge on any atom is -0.497 e. The van der Waals surface area contributed by atoms with Crippen molar-refractivity contribution < 1.29 is 19.4 Å². The quantitative estimate of drug-likeness (QED) is 0.415. The van der Waals surface area contributed by atoms with E-state index in [4.69, 9.17) is 9.47 Å².